The molecule has 0 radical (unpaired) electrons. The number of nitrogens with zero attached hydrogens (tertiary/aromatic N) is 3. The predicted molar refractivity (Wildman–Crippen MR) is 120 cm³/mol. The van der Waals surface area contributed by atoms with E-state index in [9.17, 15) is 0 Å². The third-order valence-electron chi connectivity index (χ3n) is 5.24. The van der Waals surface area contributed by atoms with Gasteiger partial charge in [0.1, 0.15) is 29.6 Å². The fraction of sp³-hybridized carbons (Fsp3) is 0.261. The van der Waals surface area contributed by atoms with Crippen LogP contribution in [0.3, 0.4) is 0 Å². The number of aromatic nitrogens is 3. The summed E-state index contributed by atoms with van der Waals surface area (Å²) in [6, 6.07) is 11.9. The Kier molecular flexibility index (Phi) is 4.96. The quantitative estimate of drug-likeness (QED) is 0.502. The van der Waals surface area contributed by atoms with E-state index in [0.717, 1.165) is 46.2 Å². The Morgan fingerprint density at radius 1 is 1.03 bits per heavy atom. The van der Waals surface area contributed by atoms with Crippen molar-refractivity contribution in [2.75, 3.05) is 25.1 Å². The van der Waals surface area contributed by atoms with Crippen LogP contribution in [0.1, 0.15) is 16.0 Å². The lowest BCUT2D eigenvalue weighted by molar-refractivity contribution is 0.171. The molecule has 0 spiro atoms. The second-order valence-electron chi connectivity index (χ2n) is 7.23. The number of hydrogen-bond acceptors (Lipinski definition) is 7. The minimum absolute atomic E-state index is 0.598. The van der Waals surface area contributed by atoms with Crippen LogP contribution in [0.15, 0.2) is 42.6 Å². The van der Waals surface area contributed by atoms with Gasteiger partial charge in [0.2, 0.25) is 0 Å². The van der Waals surface area contributed by atoms with Gasteiger partial charge < -0.3 is 14.8 Å². The summed E-state index contributed by atoms with van der Waals surface area (Å²) in [6.07, 6.45) is 2.62. The van der Waals surface area contributed by atoms with Gasteiger partial charge in [0, 0.05) is 17.6 Å². The molecule has 0 fully saturated rings. The van der Waals surface area contributed by atoms with Gasteiger partial charge >= 0.3 is 0 Å². The van der Waals surface area contributed by atoms with Crippen molar-refractivity contribution in [3.63, 3.8) is 0 Å². The van der Waals surface area contributed by atoms with Crippen molar-refractivity contribution in [3.8, 4) is 23.0 Å². The highest BCUT2D eigenvalue weighted by Gasteiger charge is 2.16. The third kappa shape index (κ3) is 3.57. The van der Waals surface area contributed by atoms with Gasteiger partial charge in [-0.3, -0.25) is 4.98 Å². The maximum absolute atomic E-state index is 5.70. The lowest BCUT2D eigenvalue weighted by atomic mass is 10.1. The molecule has 7 heteroatoms. The Morgan fingerprint density at radius 3 is 2.73 bits per heavy atom. The second-order valence-corrected chi connectivity index (χ2v) is 8.43. The largest absolute Gasteiger partial charge is 0.486 e. The summed E-state index contributed by atoms with van der Waals surface area (Å²) in [7, 11) is 0. The highest BCUT2D eigenvalue weighted by molar-refractivity contribution is 7.18. The van der Waals surface area contributed by atoms with Crippen molar-refractivity contribution >= 4 is 27.4 Å². The van der Waals surface area contributed by atoms with Gasteiger partial charge in [0.05, 0.1) is 5.39 Å². The summed E-state index contributed by atoms with van der Waals surface area (Å²) in [5.74, 6) is 3.15. The highest BCUT2D eigenvalue weighted by Crippen LogP contribution is 2.35. The fourth-order valence-electron chi connectivity index (χ4n) is 3.56. The van der Waals surface area contributed by atoms with Gasteiger partial charge in [-0.05, 0) is 55.7 Å². The number of rotatable bonds is 5. The Hall–Kier alpha value is -3.19. The van der Waals surface area contributed by atoms with Gasteiger partial charge in [-0.1, -0.05) is 12.1 Å². The molecule has 0 amide bonds. The number of ether oxygens (including phenoxy) is 2. The van der Waals surface area contributed by atoms with Crippen LogP contribution in [0.4, 0.5) is 5.82 Å². The molecule has 6 nitrogen and oxygen atoms in total. The van der Waals surface area contributed by atoms with Crippen LogP contribution in [0.5, 0.6) is 11.5 Å². The SMILES string of the molecule is Cc1sc2nc(-c3ccccn3)nc(NCCc3ccc4c(c3)OCCO4)c2c1C. The predicted octanol–water partition coefficient (Wildman–Crippen LogP) is 4.80. The van der Waals surface area contributed by atoms with E-state index in [1.165, 1.54) is 16.0 Å². The first kappa shape index (κ1) is 18.8. The van der Waals surface area contributed by atoms with Gasteiger partial charge in [0.15, 0.2) is 17.3 Å². The maximum atomic E-state index is 5.70. The summed E-state index contributed by atoms with van der Waals surface area (Å²) in [4.78, 5) is 16.3. The van der Waals surface area contributed by atoms with Crippen molar-refractivity contribution in [2.45, 2.75) is 20.3 Å². The van der Waals surface area contributed by atoms with Crippen LogP contribution in [0, 0.1) is 13.8 Å². The summed E-state index contributed by atoms with van der Waals surface area (Å²) in [5, 5.41) is 4.63. The first-order chi connectivity index (χ1) is 14.7. The Bertz CT molecular complexity index is 1210. The molecule has 0 atom stereocenters. The molecule has 5 rings (SSSR count). The van der Waals surface area contributed by atoms with E-state index in [1.807, 2.05) is 24.3 Å². The topological polar surface area (TPSA) is 69.2 Å². The van der Waals surface area contributed by atoms with Crippen LogP contribution in [-0.4, -0.2) is 34.7 Å². The zero-order valence-electron chi connectivity index (χ0n) is 16.9. The molecule has 1 aromatic carbocycles. The lowest BCUT2D eigenvalue weighted by Crippen LogP contribution is -2.15. The number of nitrogens with one attached hydrogen (secondary N) is 1. The maximum Gasteiger partial charge on any atom is 0.181 e. The number of aryl methyl sites for hydroxylation is 2. The van der Waals surface area contributed by atoms with Crippen LogP contribution in [0.25, 0.3) is 21.7 Å². The molecule has 152 valence electrons. The summed E-state index contributed by atoms with van der Waals surface area (Å²) in [6.45, 7) is 6.21. The van der Waals surface area contributed by atoms with Crippen molar-refractivity contribution < 1.29 is 9.47 Å². The monoisotopic (exact) mass is 418 g/mol. The van der Waals surface area contributed by atoms with Crippen molar-refractivity contribution in [3.05, 3.63) is 58.6 Å². The number of anilines is 1. The van der Waals surface area contributed by atoms with Crippen LogP contribution in [-0.2, 0) is 6.42 Å². The second kappa shape index (κ2) is 7.91. The Balaban J connectivity index is 1.42. The van der Waals surface area contributed by atoms with Crippen LogP contribution < -0.4 is 14.8 Å². The third-order valence-corrected chi connectivity index (χ3v) is 6.34. The molecule has 1 N–H and O–H groups in total. The Morgan fingerprint density at radius 2 is 1.90 bits per heavy atom. The summed E-state index contributed by atoms with van der Waals surface area (Å²) in [5.41, 5.74) is 3.20. The van der Waals surface area contributed by atoms with Gasteiger partial charge in [-0.2, -0.15) is 0 Å². The van der Waals surface area contributed by atoms with Gasteiger partial charge in [0.25, 0.3) is 0 Å². The van der Waals surface area contributed by atoms with E-state index < -0.39 is 0 Å². The van der Waals surface area contributed by atoms with E-state index in [1.54, 1.807) is 17.5 Å². The first-order valence-corrected chi connectivity index (χ1v) is 10.8. The highest BCUT2D eigenvalue weighted by atomic mass is 32.1. The molecule has 0 unspecified atom stereocenters. The standard InChI is InChI=1S/C23H22N4O2S/c1-14-15(2)30-23-20(14)22(26-21(27-23)17-5-3-4-9-24-17)25-10-8-16-6-7-18-19(13-16)29-12-11-28-18/h3-7,9,13H,8,10-12H2,1-2H3,(H,25,26,27). The number of benzene rings is 1. The zero-order valence-corrected chi connectivity index (χ0v) is 17.8. The normalized spacial score (nSPS) is 12.9. The summed E-state index contributed by atoms with van der Waals surface area (Å²) < 4.78 is 11.3. The molecular formula is C23H22N4O2S. The average Bonchev–Trinajstić information content (AvgIpc) is 3.08. The summed E-state index contributed by atoms with van der Waals surface area (Å²) >= 11 is 1.70. The molecule has 1 aliphatic rings. The number of thiophene rings is 1. The number of pyridine rings is 1. The molecule has 4 aromatic rings. The van der Waals surface area contributed by atoms with Crippen LogP contribution >= 0.6 is 11.3 Å². The number of hydrogen-bond donors (Lipinski definition) is 1. The first-order valence-electron chi connectivity index (χ1n) is 10.0. The van der Waals surface area contributed by atoms with Crippen LogP contribution in [0.2, 0.25) is 0 Å². The molecule has 30 heavy (non-hydrogen) atoms. The fourth-order valence-corrected chi connectivity index (χ4v) is 4.58. The smallest absolute Gasteiger partial charge is 0.181 e. The van der Waals surface area contributed by atoms with E-state index in [0.29, 0.717) is 19.0 Å². The van der Waals surface area contributed by atoms with Crippen molar-refractivity contribution in [1.82, 2.24) is 15.0 Å². The van der Waals surface area contributed by atoms with E-state index >= 15 is 0 Å². The van der Waals surface area contributed by atoms with Gasteiger partial charge in [-0.25, -0.2) is 9.97 Å². The van der Waals surface area contributed by atoms with E-state index in [2.05, 4.69) is 36.3 Å². The minimum Gasteiger partial charge on any atom is -0.486 e. The molecule has 0 saturated heterocycles. The lowest BCUT2D eigenvalue weighted by Gasteiger charge is -2.19. The van der Waals surface area contributed by atoms with Crippen molar-refractivity contribution in [1.29, 1.82) is 0 Å². The Labute approximate surface area is 178 Å². The molecule has 0 bridgehead atoms. The molecule has 1 aliphatic heterocycles. The molecule has 3 aromatic heterocycles. The molecule has 0 saturated carbocycles. The van der Waals surface area contributed by atoms with Crippen molar-refractivity contribution in [2.24, 2.45) is 0 Å². The minimum atomic E-state index is 0.598. The van der Waals surface area contributed by atoms with Gasteiger partial charge in [-0.15, -0.1) is 11.3 Å². The molecule has 0 aliphatic carbocycles. The average molecular weight is 419 g/mol. The number of fused-ring (bicyclic) bond motifs is 2. The molecule has 4 heterocycles. The van der Waals surface area contributed by atoms with E-state index in [4.69, 9.17) is 19.4 Å². The zero-order chi connectivity index (χ0) is 20.5. The molecular weight excluding hydrogens is 396 g/mol. The van der Waals surface area contributed by atoms with E-state index in [-0.39, 0.29) is 0 Å².